The molecule has 6 atom stereocenters. The summed E-state index contributed by atoms with van der Waals surface area (Å²) in [6.45, 7) is 1.38. The van der Waals surface area contributed by atoms with E-state index in [1.165, 1.54) is 0 Å². The van der Waals surface area contributed by atoms with Gasteiger partial charge in [-0.05, 0) is 6.42 Å². The van der Waals surface area contributed by atoms with Gasteiger partial charge >= 0.3 is 0 Å². The van der Waals surface area contributed by atoms with E-state index in [1.807, 2.05) is 13.0 Å². The van der Waals surface area contributed by atoms with Crippen LogP contribution < -0.4 is 0 Å². The van der Waals surface area contributed by atoms with Gasteiger partial charge in [0.1, 0.15) is 24.4 Å². The summed E-state index contributed by atoms with van der Waals surface area (Å²) in [6, 6.07) is 2.03. The Bertz CT molecular complexity index is 292. The molecule has 1 heterocycles. The van der Waals surface area contributed by atoms with Gasteiger partial charge in [0, 0.05) is 0 Å². The largest absolute Gasteiger partial charge is 0.394 e. The SMILES string of the molecule is CCC(C#N)CO[C@@H]1O[C@H](CO)[C@@H](O)[C@H](O)[C@H]1O. The van der Waals surface area contributed by atoms with E-state index < -0.39 is 37.3 Å². The molecule has 104 valence electrons. The van der Waals surface area contributed by atoms with E-state index in [0.29, 0.717) is 6.42 Å². The van der Waals surface area contributed by atoms with E-state index in [4.69, 9.17) is 19.8 Å². The summed E-state index contributed by atoms with van der Waals surface area (Å²) in [5.41, 5.74) is 0. The molecule has 7 nitrogen and oxygen atoms in total. The Balaban J connectivity index is 2.57. The van der Waals surface area contributed by atoms with Crippen molar-refractivity contribution in [2.75, 3.05) is 13.2 Å². The summed E-state index contributed by atoms with van der Waals surface area (Å²) >= 11 is 0. The number of hydrogen-bond acceptors (Lipinski definition) is 7. The maximum Gasteiger partial charge on any atom is 0.186 e. The molecule has 0 saturated carbocycles. The van der Waals surface area contributed by atoms with Crippen LogP contribution in [0.25, 0.3) is 0 Å². The fourth-order valence-corrected chi connectivity index (χ4v) is 1.66. The van der Waals surface area contributed by atoms with Crippen molar-refractivity contribution in [2.45, 2.75) is 44.1 Å². The minimum atomic E-state index is -1.46. The lowest BCUT2D eigenvalue weighted by atomic mass is 9.99. The summed E-state index contributed by atoms with van der Waals surface area (Å²) in [5, 5.41) is 46.4. The summed E-state index contributed by atoms with van der Waals surface area (Å²) < 4.78 is 10.3. The van der Waals surface area contributed by atoms with E-state index >= 15 is 0 Å². The third-order valence-corrected chi connectivity index (χ3v) is 2.99. The molecule has 0 spiro atoms. The van der Waals surface area contributed by atoms with Crippen LogP contribution in [0.15, 0.2) is 0 Å². The number of nitrogens with zero attached hydrogens (tertiary/aromatic N) is 1. The first-order valence-corrected chi connectivity index (χ1v) is 5.86. The van der Waals surface area contributed by atoms with Gasteiger partial charge in [-0.1, -0.05) is 6.92 Å². The zero-order chi connectivity index (χ0) is 13.7. The molecule has 0 aliphatic carbocycles. The van der Waals surface area contributed by atoms with Crippen molar-refractivity contribution < 1.29 is 29.9 Å². The van der Waals surface area contributed by atoms with Crippen molar-refractivity contribution in [1.29, 1.82) is 5.26 Å². The van der Waals surface area contributed by atoms with Gasteiger partial charge in [-0.2, -0.15) is 5.26 Å². The Morgan fingerprint density at radius 3 is 2.44 bits per heavy atom. The normalized spacial score (nSPS) is 38.1. The maximum absolute atomic E-state index is 9.65. The minimum absolute atomic E-state index is 0.0513. The van der Waals surface area contributed by atoms with Gasteiger partial charge in [0.05, 0.1) is 25.2 Å². The van der Waals surface area contributed by atoms with Gasteiger partial charge in [-0.15, -0.1) is 0 Å². The van der Waals surface area contributed by atoms with Crippen LogP contribution in [0.1, 0.15) is 13.3 Å². The highest BCUT2D eigenvalue weighted by Gasteiger charge is 2.44. The zero-order valence-electron chi connectivity index (χ0n) is 10.1. The molecule has 0 aromatic rings. The third kappa shape index (κ3) is 3.38. The molecule has 1 saturated heterocycles. The van der Waals surface area contributed by atoms with Crippen molar-refractivity contribution in [3.8, 4) is 6.07 Å². The third-order valence-electron chi connectivity index (χ3n) is 2.99. The van der Waals surface area contributed by atoms with Gasteiger partial charge in [-0.3, -0.25) is 0 Å². The standard InChI is InChI=1S/C11H19NO6/c1-2-6(3-12)5-17-11-10(16)9(15)8(14)7(4-13)18-11/h6-11,13-16H,2,4-5H2,1H3/t6?,7-,8-,9+,10-,11-/m1/s1. The fraction of sp³-hybridized carbons (Fsp3) is 0.909. The van der Waals surface area contributed by atoms with Gasteiger partial charge < -0.3 is 29.9 Å². The van der Waals surface area contributed by atoms with Crippen LogP contribution in [0.3, 0.4) is 0 Å². The van der Waals surface area contributed by atoms with E-state index in [9.17, 15) is 15.3 Å². The Morgan fingerprint density at radius 1 is 1.28 bits per heavy atom. The van der Waals surface area contributed by atoms with Crippen LogP contribution in [0, 0.1) is 17.2 Å². The van der Waals surface area contributed by atoms with E-state index in [1.54, 1.807) is 0 Å². The molecule has 18 heavy (non-hydrogen) atoms. The smallest absolute Gasteiger partial charge is 0.186 e. The summed E-state index contributed by atoms with van der Waals surface area (Å²) in [5.74, 6) is -0.336. The monoisotopic (exact) mass is 261 g/mol. The van der Waals surface area contributed by atoms with E-state index in [2.05, 4.69) is 0 Å². The molecule has 1 aliphatic heterocycles. The topological polar surface area (TPSA) is 123 Å². The molecule has 1 aliphatic rings. The van der Waals surface area contributed by atoms with Crippen LogP contribution in [0.4, 0.5) is 0 Å². The van der Waals surface area contributed by atoms with E-state index in [0.717, 1.165) is 0 Å². The summed E-state index contributed by atoms with van der Waals surface area (Å²) in [7, 11) is 0. The molecule has 4 N–H and O–H groups in total. The molecule has 0 amide bonds. The Hall–Kier alpha value is -0.750. The predicted molar refractivity (Wildman–Crippen MR) is 59.1 cm³/mol. The Kier molecular flexibility index (Phi) is 5.95. The molecule has 0 bridgehead atoms. The highest BCUT2D eigenvalue weighted by molar-refractivity contribution is 4.89. The number of nitriles is 1. The van der Waals surface area contributed by atoms with Gasteiger partial charge in [0.2, 0.25) is 0 Å². The molecule has 1 fully saturated rings. The average Bonchev–Trinajstić information content (AvgIpc) is 2.39. The quantitative estimate of drug-likeness (QED) is 0.467. The number of ether oxygens (including phenoxy) is 2. The average molecular weight is 261 g/mol. The van der Waals surface area contributed by atoms with Crippen molar-refractivity contribution in [2.24, 2.45) is 5.92 Å². The molecule has 0 aromatic carbocycles. The van der Waals surface area contributed by atoms with Crippen molar-refractivity contribution in [1.82, 2.24) is 0 Å². The minimum Gasteiger partial charge on any atom is -0.394 e. The second-order valence-electron chi connectivity index (χ2n) is 4.26. The van der Waals surface area contributed by atoms with Gasteiger partial charge in [-0.25, -0.2) is 0 Å². The fourth-order valence-electron chi connectivity index (χ4n) is 1.66. The van der Waals surface area contributed by atoms with Crippen LogP contribution in [-0.4, -0.2) is 64.3 Å². The summed E-state index contributed by atoms with van der Waals surface area (Å²) in [6.07, 6.45) is -5.84. The number of rotatable bonds is 5. The first-order chi connectivity index (χ1) is 8.54. The molecule has 1 rings (SSSR count). The highest BCUT2D eigenvalue weighted by Crippen LogP contribution is 2.22. The molecule has 7 heteroatoms. The van der Waals surface area contributed by atoms with Gasteiger partial charge in [0.25, 0.3) is 0 Å². The zero-order valence-corrected chi connectivity index (χ0v) is 10.1. The molecule has 0 aromatic heterocycles. The number of hydrogen-bond donors (Lipinski definition) is 4. The molecular formula is C11H19NO6. The lowest BCUT2D eigenvalue weighted by Gasteiger charge is -2.39. The van der Waals surface area contributed by atoms with Crippen molar-refractivity contribution in [3.63, 3.8) is 0 Å². The molecule has 0 radical (unpaired) electrons. The number of aliphatic hydroxyl groups excluding tert-OH is 4. The molecule has 1 unspecified atom stereocenters. The lowest BCUT2D eigenvalue weighted by Crippen LogP contribution is -2.59. The highest BCUT2D eigenvalue weighted by atomic mass is 16.7. The van der Waals surface area contributed by atoms with Crippen LogP contribution >= 0.6 is 0 Å². The number of aliphatic hydroxyl groups is 4. The van der Waals surface area contributed by atoms with Crippen LogP contribution in [-0.2, 0) is 9.47 Å². The second kappa shape index (κ2) is 6.99. The maximum atomic E-state index is 9.65. The summed E-state index contributed by atoms with van der Waals surface area (Å²) in [4.78, 5) is 0. The lowest BCUT2D eigenvalue weighted by molar-refractivity contribution is -0.302. The second-order valence-corrected chi connectivity index (χ2v) is 4.26. The van der Waals surface area contributed by atoms with E-state index in [-0.39, 0.29) is 12.5 Å². The van der Waals surface area contributed by atoms with Crippen molar-refractivity contribution in [3.05, 3.63) is 0 Å². The van der Waals surface area contributed by atoms with Crippen LogP contribution in [0.5, 0.6) is 0 Å². The van der Waals surface area contributed by atoms with Crippen molar-refractivity contribution >= 4 is 0 Å². The van der Waals surface area contributed by atoms with Crippen LogP contribution in [0.2, 0.25) is 0 Å². The first kappa shape index (κ1) is 15.3. The Morgan fingerprint density at radius 2 is 1.94 bits per heavy atom. The van der Waals surface area contributed by atoms with Gasteiger partial charge in [0.15, 0.2) is 6.29 Å². The predicted octanol–water partition coefficient (Wildman–Crippen LogP) is -1.65. The Labute approximate surface area is 105 Å². The first-order valence-electron chi connectivity index (χ1n) is 5.86. The molecular weight excluding hydrogens is 242 g/mol.